The summed E-state index contributed by atoms with van der Waals surface area (Å²) in [6, 6.07) is 13.1. The van der Waals surface area contributed by atoms with Crippen molar-refractivity contribution < 1.29 is 4.39 Å². The van der Waals surface area contributed by atoms with E-state index < -0.39 is 0 Å². The maximum atomic E-state index is 13.3. The van der Waals surface area contributed by atoms with Gasteiger partial charge in [-0.3, -0.25) is 0 Å². The van der Waals surface area contributed by atoms with E-state index in [1.165, 1.54) is 12.1 Å². The van der Waals surface area contributed by atoms with Crippen LogP contribution in [0.5, 0.6) is 0 Å². The van der Waals surface area contributed by atoms with Gasteiger partial charge in [0.15, 0.2) is 0 Å². The third-order valence-electron chi connectivity index (χ3n) is 5.21. The zero-order valence-corrected chi connectivity index (χ0v) is 16.2. The summed E-state index contributed by atoms with van der Waals surface area (Å²) in [5.41, 5.74) is 8.62. The van der Waals surface area contributed by atoms with Gasteiger partial charge in [-0.25, -0.2) is 19.3 Å². The zero-order chi connectivity index (χ0) is 20.1. The van der Waals surface area contributed by atoms with E-state index in [1.54, 1.807) is 18.6 Å². The highest BCUT2D eigenvalue weighted by atomic mass is 19.1. The molecule has 150 valence electrons. The van der Waals surface area contributed by atoms with E-state index in [0.29, 0.717) is 24.4 Å². The molecule has 1 aromatic carbocycles. The third kappa shape index (κ3) is 5.26. The third-order valence-corrected chi connectivity index (χ3v) is 5.21. The molecule has 1 fully saturated rings. The maximum absolute atomic E-state index is 13.3. The Hall–Kier alpha value is -3.06. The Morgan fingerprint density at radius 3 is 2.66 bits per heavy atom. The first-order valence-electron chi connectivity index (χ1n) is 9.94. The van der Waals surface area contributed by atoms with E-state index in [9.17, 15) is 4.39 Å². The van der Waals surface area contributed by atoms with Crippen LogP contribution in [0.3, 0.4) is 0 Å². The molecule has 1 aliphatic rings. The highest BCUT2D eigenvalue weighted by Gasteiger charge is 2.18. The molecule has 0 spiro atoms. The first-order chi connectivity index (χ1) is 14.2. The van der Waals surface area contributed by atoms with Gasteiger partial charge in [-0.05, 0) is 55.5 Å². The number of nitrogens with zero attached hydrogens (tertiary/aromatic N) is 3. The lowest BCUT2D eigenvalue weighted by molar-refractivity contribution is 0.410. The number of hydrogen-bond acceptors (Lipinski definition) is 6. The first-order valence-corrected chi connectivity index (χ1v) is 9.94. The smallest absolute Gasteiger partial charge is 0.130 e. The first kappa shape index (κ1) is 19.3. The minimum absolute atomic E-state index is 0.244. The van der Waals surface area contributed by atoms with Gasteiger partial charge in [0.1, 0.15) is 23.8 Å². The summed E-state index contributed by atoms with van der Waals surface area (Å²) in [5, 5.41) is 6.74. The number of halogens is 1. The average molecular weight is 392 g/mol. The van der Waals surface area contributed by atoms with Crippen LogP contribution in [0.1, 0.15) is 31.2 Å². The fourth-order valence-electron chi connectivity index (χ4n) is 3.59. The Morgan fingerprint density at radius 2 is 1.83 bits per heavy atom. The fraction of sp³-hybridized carbons (Fsp3) is 0.318. The van der Waals surface area contributed by atoms with Crippen LogP contribution in [0.25, 0.3) is 11.3 Å². The van der Waals surface area contributed by atoms with Gasteiger partial charge in [0.25, 0.3) is 0 Å². The molecular formula is C22H25FN6. The highest BCUT2D eigenvalue weighted by molar-refractivity contribution is 5.65. The van der Waals surface area contributed by atoms with E-state index in [1.807, 2.05) is 24.3 Å². The summed E-state index contributed by atoms with van der Waals surface area (Å²) in [4.78, 5) is 13.1. The van der Waals surface area contributed by atoms with Crippen molar-refractivity contribution >= 4 is 11.6 Å². The molecule has 0 radical (unpaired) electrons. The lowest BCUT2D eigenvalue weighted by Crippen LogP contribution is -2.33. The molecule has 0 amide bonds. The number of rotatable bonds is 6. The summed E-state index contributed by atoms with van der Waals surface area (Å²) >= 11 is 0. The van der Waals surface area contributed by atoms with Crippen LogP contribution in [0.15, 0.2) is 55.0 Å². The molecule has 0 aliphatic heterocycles. The molecule has 0 atom stereocenters. The van der Waals surface area contributed by atoms with Crippen molar-refractivity contribution in [2.45, 2.75) is 44.3 Å². The van der Waals surface area contributed by atoms with Crippen LogP contribution in [0, 0.1) is 5.82 Å². The Labute approximate surface area is 169 Å². The normalized spacial score (nSPS) is 19.0. The second kappa shape index (κ2) is 8.96. The van der Waals surface area contributed by atoms with E-state index in [0.717, 1.165) is 48.3 Å². The predicted octanol–water partition coefficient (Wildman–Crippen LogP) is 3.97. The SMILES string of the molecule is NC1CCC(Nc2cc(-c3ccnc(NCc4cccc(F)c4)c3)ncn2)CC1. The summed E-state index contributed by atoms with van der Waals surface area (Å²) < 4.78 is 13.3. The van der Waals surface area contributed by atoms with Crippen molar-refractivity contribution in [3.63, 3.8) is 0 Å². The number of hydrogen-bond donors (Lipinski definition) is 3. The lowest BCUT2D eigenvalue weighted by atomic mass is 9.92. The number of nitrogens with one attached hydrogen (secondary N) is 2. The Bertz CT molecular complexity index is 955. The molecule has 0 unspecified atom stereocenters. The van der Waals surface area contributed by atoms with E-state index in [2.05, 4.69) is 25.6 Å². The Kier molecular flexibility index (Phi) is 5.95. The molecule has 6 nitrogen and oxygen atoms in total. The Balaban J connectivity index is 1.43. The molecule has 2 aromatic heterocycles. The number of benzene rings is 1. The van der Waals surface area contributed by atoms with Crippen LogP contribution < -0.4 is 16.4 Å². The van der Waals surface area contributed by atoms with Gasteiger partial charge in [0.2, 0.25) is 0 Å². The predicted molar refractivity (Wildman–Crippen MR) is 113 cm³/mol. The minimum Gasteiger partial charge on any atom is -0.367 e. The summed E-state index contributed by atoms with van der Waals surface area (Å²) in [6.07, 6.45) is 7.52. The Morgan fingerprint density at radius 1 is 0.966 bits per heavy atom. The van der Waals surface area contributed by atoms with Crippen molar-refractivity contribution in [2.75, 3.05) is 10.6 Å². The quantitative estimate of drug-likeness (QED) is 0.588. The standard InChI is InChI=1S/C22H25FN6/c23-17-3-1-2-15(10-17)13-26-21-11-16(8-9-25-21)20-12-22(28-14-27-20)29-19-6-4-18(24)5-7-19/h1-3,8-12,14,18-19H,4-7,13,24H2,(H,25,26)(H,27,28,29). The van der Waals surface area contributed by atoms with Crippen molar-refractivity contribution in [3.05, 3.63) is 66.4 Å². The lowest BCUT2D eigenvalue weighted by Gasteiger charge is -2.27. The van der Waals surface area contributed by atoms with Crippen LogP contribution in [-0.2, 0) is 6.54 Å². The number of anilines is 2. The molecule has 0 saturated heterocycles. The van der Waals surface area contributed by atoms with Crippen LogP contribution in [0.2, 0.25) is 0 Å². The molecule has 2 heterocycles. The van der Waals surface area contributed by atoms with Crippen molar-refractivity contribution in [3.8, 4) is 11.3 Å². The van der Waals surface area contributed by atoms with Crippen molar-refractivity contribution in [1.82, 2.24) is 15.0 Å². The topological polar surface area (TPSA) is 88.8 Å². The van der Waals surface area contributed by atoms with Gasteiger partial charge in [-0.1, -0.05) is 12.1 Å². The van der Waals surface area contributed by atoms with E-state index in [-0.39, 0.29) is 5.82 Å². The number of nitrogens with two attached hydrogens (primary N) is 1. The largest absolute Gasteiger partial charge is 0.367 e. The zero-order valence-electron chi connectivity index (χ0n) is 16.2. The second-order valence-electron chi connectivity index (χ2n) is 7.46. The molecular weight excluding hydrogens is 367 g/mol. The van der Waals surface area contributed by atoms with E-state index >= 15 is 0 Å². The molecule has 4 N–H and O–H groups in total. The average Bonchev–Trinajstić information content (AvgIpc) is 2.74. The molecule has 3 aromatic rings. The maximum Gasteiger partial charge on any atom is 0.130 e. The minimum atomic E-state index is -0.244. The van der Waals surface area contributed by atoms with Crippen LogP contribution in [0.4, 0.5) is 16.0 Å². The molecule has 29 heavy (non-hydrogen) atoms. The monoisotopic (exact) mass is 392 g/mol. The van der Waals surface area contributed by atoms with Crippen LogP contribution >= 0.6 is 0 Å². The van der Waals surface area contributed by atoms with Crippen LogP contribution in [-0.4, -0.2) is 27.0 Å². The van der Waals surface area contributed by atoms with Crippen molar-refractivity contribution in [1.29, 1.82) is 0 Å². The molecule has 1 saturated carbocycles. The summed E-state index contributed by atoms with van der Waals surface area (Å²) in [5.74, 6) is 1.29. The van der Waals surface area contributed by atoms with Gasteiger partial charge in [0.05, 0.1) is 5.69 Å². The van der Waals surface area contributed by atoms with Gasteiger partial charge < -0.3 is 16.4 Å². The number of pyridine rings is 1. The second-order valence-corrected chi connectivity index (χ2v) is 7.46. The summed E-state index contributed by atoms with van der Waals surface area (Å²) in [7, 11) is 0. The van der Waals surface area contributed by atoms with Gasteiger partial charge in [-0.2, -0.15) is 0 Å². The molecule has 4 rings (SSSR count). The fourth-order valence-corrected chi connectivity index (χ4v) is 3.59. The van der Waals surface area contributed by atoms with E-state index in [4.69, 9.17) is 5.73 Å². The molecule has 0 bridgehead atoms. The summed E-state index contributed by atoms with van der Waals surface area (Å²) in [6.45, 7) is 0.495. The molecule has 7 heteroatoms. The highest BCUT2D eigenvalue weighted by Crippen LogP contribution is 2.24. The van der Waals surface area contributed by atoms with Gasteiger partial charge in [0, 0.05) is 36.5 Å². The van der Waals surface area contributed by atoms with Gasteiger partial charge in [-0.15, -0.1) is 0 Å². The number of aromatic nitrogens is 3. The van der Waals surface area contributed by atoms with Gasteiger partial charge >= 0.3 is 0 Å². The molecule has 1 aliphatic carbocycles. The van der Waals surface area contributed by atoms with Crippen molar-refractivity contribution in [2.24, 2.45) is 5.73 Å².